The fourth-order valence-electron chi connectivity index (χ4n) is 3.35. The number of carbonyl (C=O) groups is 1. The Balaban J connectivity index is 1.74. The Morgan fingerprint density at radius 3 is 2.67 bits per heavy atom. The minimum atomic E-state index is -0.502. The van der Waals surface area contributed by atoms with Crippen molar-refractivity contribution >= 4 is 29.1 Å². The van der Waals surface area contributed by atoms with Crippen LogP contribution in [0.15, 0.2) is 18.2 Å². The van der Waals surface area contributed by atoms with Crippen molar-refractivity contribution in [3.63, 3.8) is 0 Å². The first-order chi connectivity index (χ1) is 11.6. The van der Waals surface area contributed by atoms with E-state index in [1.807, 2.05) is 11.0 Å². The molecule has 132 valence electrons. The first-order valence-electron chi connectivity index (χ1n) is 8.19. The number of ether oxygens (including phenoxy) is 2. The summed E-state index contributed by atoms with van der Waals surface area (Å²) >= 11 is 12.1. The van der Waals surface area contributed by atoms with Gasteiger partial charge in [0.25, 0.3) is 0 Å². The zero-order chi connectivity index (χ0) is 17.2. The molecule has 7 heteroatoms. The molecule has 0 saturated carbocycles. The predicted molar refractivity (Wildman–Crippen MR) is 93.3 cm³/mol. The summed E-state index contributed by atoms with van der Waals surface area (Å²) in [6.45, 7) is 3.10. The molecule has 1 atom stereocenters. The Morgan fingerprint density at radius 1 is 1.25 bits per heavy atom. The largest absolute Gasteiger partial charge is 0.381 e. The van der Waals surface area contributed by atoms with Crippen molar-refractivity contribution in [1.82, 2.24) is 4.90 Å². The van der Waals surface area contributed by atoms with Crippen LogP contribution in [0.1, 0.15) is 24.5 Å². The zero-order valence-corrected chi connectivity index (χ0v) is 15.0. The average Bonchev–Trinajstić information content (AvgIpc) is 2.64. The van der Waals surface area contributed by atoms with Crippen LogP contribution in [0.3, 0.4) is 0 Å². The SMILES string of the molecule is NCC1(C(=O)N2CCOC(c3ccc(Cl)c(Cl)c3)C2)CCOCC1. The first-order valence-corrected chi connectivity index (χ1v) is 8.95. The highest BCUT2D eigenvalue weighted by Crippen LogP contribution is 2.34. The van der Waals surface area contributed by atoms with Crippen LogP contribution in [-0.2, 0) is 14.3 Å². The molecule has 24 heavy (non-hydrogen) atoms. The number of rotatable bonds is 3. The number of hydrogen-bond acceptors (Lipinski definition) is 4. The van der Waals surface area contributed by atoms with Gasteiger partial charge in [-0.3, -0.25) is 4.79 Å². The van der Waals surface area contributed by atoms with Crippen molar-refractivity contribution in [2.75, 3.05) is 39.5 Å². The molecule has 0 radical (unpaired) electrons. The number of nitrogens with two attached hydrogens (primary N) is 1. The molecular formula is C17H22Cl2N2O3. The summed E-state index contributed by atoms with van der Waals surface area (Å²) in [6, 6.07) is 5.44. The summed E-state index contributed by atoms with van der Waals surface area (Å²) in [6.07, 6.45) is 1.15. The molecule has 1 aromatic rings. The van der Waals surface area contributed by atoms with E-state index in [4.69, 9.17) is 38.4 Å². The number of halogens is 2. The van der Waals surface area contributed by atoms with E-state index in [0.717, 1.165) is 5.56 Å². The molecule has 2 saturated heterocycles. The molecule has 0 aliphatic carbocycles. The molecule has 0 spiro atoms. The van der Waals surface area contributed by atoms with Gasteiger partial charge in [-0.1, -0.05) is 29.3 Å². The van der Waals surface area contributed by atoms with Crippen LogP contribution in [-0.4, -0.2) is 50.3 Å². The lowest BCUT2D eigenvalue weighted by molar-refractivity contribution is -0.154. The second-order valence-corrected chi connectivity index (χ2v) is 7.20. The molecule has 0 aromatic heterocycles. The lowest BCUT2D eigenvalue weighted by atomic mass is 9.78. The van der Waals surface area contributed by atoms with Crippen LogP contribution in [0.25, 0.3) is 0 Å². The fourth-order valence-corrected chi connectivity index (χ4v) is 3.66. The quantitative estimate of drug-likeness (QED) is 0.885. The van der Waals surface area contributed by atoms with Crippen LogP contribution in [0.4, 0.5) is 0 Å². The maximum Gasteiger partial charge on any atom is 0.230 e. The highest BCUT2D eigenvalue weighted by atomic mass is 35.5. The number of carbonyl (C=O) groups excluding carboxylic acids is 1. The van der Waals surface area contributed by atoms with E-state index in [2.05, 4.69) is 0 Å². The van der Waals surface area contributed by atoms with Gasteiger partial charge in [-0.15, -0.1) is 0 Å². The van der Waals surface area contributed by atoms with Gasteiger partial charge in [0, 0.05) is 26.3 Å². The molecule has 2 heterocycles. The Labute approximate surface area is 152 Å². The molecule has 2 aliphatic heterocycles. The average molecular weight is 373 g/mol. The predicted octanol–water partition coefficient (Wildman–Crippen LogP) is 2.65. The molecule has 5 nitrogen and oxygen atoms in total. The number of nitrogens with zero attached hydrogens (tertiary/aromatic N) is 1. The van der Waals surface area contributed by atoms with Gasteiger partial charge >= 0.3 is 0 Å². The van der Waals surface area contributed by atoms with Gasteiger partial charge in [0.1, 0.15) is 6.10 Å². The van der Waals surface area contributed by atoms with Crippen molar-refractivity contribution in [1.29, 1.82) is 0 Å². The van der Waals surface area contributed by atoms with Crippen LogP contribution >= 0.6 is 23.2 Å². The molecule has 2 aliphatic rings. The monoisotopic (exact) mass is 372 g/mol. The van der Waals surface area contributed by atoms with Gasteiger partial charge in [-0.05, 0) is 30.5 Å². The second-order valence-electron chi connectivity index (χ2n) is 6.38. The lowest BCUT2D eigenvalue weighted by Crippen LogP contribution is -2.54. The highest BCUT2D eigenvalue weighted by Gasteiger charge is 2.42. The van der Waals surface area contributed by atoms with Gasteiger partial charge < -0.3 is 20.1 Å². The summed E-state index contributed by atoms with van der Waals surface area (Å²) in [5.74, 6) is 0.113. The number of benzene rings is 1. The van der Waals surface area contributed by atoms with Crippen molar-refractivity contribution < 1.29 is 14.3 Å². The maximum absolute atomic E-state index is 13.1. The van der Waals surface area contributed by atoms with E-state index in [1.165, 1.54) is 0 Å². The number of hydrogen-bond donors (Lipinski definition) is 1. The highest BCUT2D eigenvalue weighted by molar-refractivity contribution is 6.42. The van der Waals surface area contributed by atoms with E-state index in [1.54, 1.807) is 12.1 Å². The van der Waals surface area contributed by atoms with E-state index in [9.17, 15) is 4.79 Å². The van der Waals surface area contributed by atoms with Crippen LogP contribution in [0.2, 0.25) is 10.0 Å². The fraction of sp³-hybridized carbons (Fsp3) is 0.588. The molecule has 2 fully saturated rings. The van der Waals surface area contributed by atoms with Crippen molar-refractivity contribution in [2.45, 2.75) is 18.9 Å². The van der Waals surface area contributed by atoms with Gasteiger partial charge in [0.15, 0.2) is 0 Å². The summed E-state index contributed by atoms with van der Waals surface area (Å²) in [4.78, 5) is 15.0. The van der Waals surface area contributed by atoms with Crippen molar-refractivity contribution in [2.24, 2.45) is 11.1 Å². The molecule has 1 unspecified atom stereocenters. The standard InChI is InChI=1S/C17H22Cl2N2O3/c18-13-2-1-12(9-14(13)19)15-10-21(5-8-24-15)16(22)17(11-20)3-6-23-7-4-17/h1-2,9,15H,3-8,10-11,20H2. The lowest BCUT2D eigenvalue weighted by Gasteiger charge is -2.42. The van der Waals surface area contributed by atoms with Gasteiger partial charge in [-0.25, -0.2) is 0 Å². The van der Waals surface area contributed by atoms with Crippen LogP contribution < -0.4 is 5.73 Å². The Kier molecular flexibility index (Phi) is 5.67. The normalized spacial score (nSPS) is 24.0. The Morgan fingerprint density at radius 2 is 2.00 bits per heavy atom. The molecular weight excluding hydrogens is 351 g/mol. The van der Waals surface area contributed by atoms with E-state index in [-0.39, 0.29) is 12.0 Å². The van der Waals surface area contributed by atoms with Gasteiger partial charge in [0.2, 0.25) is 5.91 Å². The van der Waals surface area contributed by atoms with Gasteiger partial charge in [0.05, 0.1) is 28.6 Å². The van der Waals surface area contributed by atoms with E-state index >= 15 is 0 Å². The smallest absolute Gasteiger partial charge is 0.230 e. The molecule has 2 N–H and O–H groups in total. The molecule has 3 rings (SSSR count). The van der Waals surface area contributed by atoms with Gasteiger partial charge in [-0.2, -0.15) is 0 Å². The maximum atomic E-state index is 13.1. The summed E-state index contributed by atoms with van der Waals surface area (Å²) in [5.41, 5.74) is 6.39. The van der Waals surface area contributed by atoms with E-state index < -0.39 is 5.41 Å². The summed E-state index contributed by atoms with van der Waals surface area (Å²) in [5, 5.41) is 0.998. The summed E-state index contributed by atoms with van der Waals surface area (Å²) < 4.78 is 11.2. The zero-order valence-electron chi connectivity index (χ0n) is 13.5. The minimum Gasteiger partial charge on any atom is -0.381 e. The molecule has 1 aromatic carbocycles. The molecule has 1 amide bonds. The van der Waals surface area contributed by atoms with Crippen LogP contribution in [0, 0.1) is 5.41 Å². The topological polar surface area (TPSA) is 64.8 Å². The van der Waals surface area contributed by atoms with E-state index in [0.29, 0.717) is 62.3 Å². The van der Waals surface area contributed by atoms with Crippen molar-refractivity contribution in [3.8, 4) is 0 Å². The third-order valence-corrected chi connectivity index (χ3v) is 5.70. The van der Waals surface area contributed by atoms with Crippen molar-refractivity contribution in [3.05, 3.63) is 33.8 Å². The molecule has 0 bridgehead atoms. The first kappa shape index (κ1) is 18.0. The number of morpholine rings is 1. The Hall–Kier alpha value is -0.850. The number of amides is 1. The minimum absolute atomic E-state index is 0.113. The third kappa shape index (κ3) is 3.55. The van der Waals surface area contributed by atoms with Crippen LogP contribution in [0.5, 0.6) is 0 Å². The third-order valence-electron chi connectivity index (χ3n) is 4.96. The Bertz CT molecular complexity index is 605. The second kappa shape index (κ2) is 7.58. The summed E-state index contributed by atoms with van der Waals surface area (Å²) in [7, 11) is 0.